The first-order chi connectivity index (χ1) is 8.83. The van der Waals surface area contributed by atoms with Crippen LogP contribution in [-0.4, -0.2) is 16.2 Å². The zero-order chi connectivity index (χ0) is 12.4. The lowest BCUT2D eigenvalue weighted by molar-refractivity contribution is 0.0696. The van der Waals surface area contributed by atoms with Crippen molar-refractivity contribution in [1.29, 1.82) is 0 Å². The monoisotopic (exact) mass is 241 g/mol. The van der Waals surface area contributed by atoms with Gasteiger partial charge in [-0.25, -0.2) is 0 Å². The molecule has 18 heavy (non-hydrogen) atoms. The second kappa shape index (κ2) is 5.07. The third-order valence-electron chi connectivity index (χ3n) is 4.00. The lowest BCUT2D eigenvalue weighted by Gasteiger charge is -2.27. The topological polar surface area (TPSA) is 33.1 Å². The minimum absolute atomic E-state index is 0.132. The molecule has 2 atom stereocenters. The molecule has 1 heterocycles. The molecule has 1 aromatic carbocycles. The molecule has 0 bridgehead atoms. The average molecular weight is 241 g/mol. The number of aromatic nitrogens is 1. The Morgan fingerprint density at radius 1 is 1.06 bits per heavy atom. The van der Waals surface area contributed by atoms with Gasteiger partial charge < -0.3 is 5.11 Å². The maximum Gasteiger partial charge on any atom is 0.0705 e. The first-order valence-corrected chi connectivity index (χ1v) is 6.86. The fourth-order valence-electron chi connectivity index (χ4n) is 2.92. The summed E-state index contributed by atoms with van der Waals surface area (Å²) in [5, 5.41) is 11.2. The smallest absolute Gasteiger partial charge is 0.0705 e. The highest BCUT2D eigenvalue weighted by atomic mass is 16.3. The fraction of sp³-hybridized carbons (Fsp3) is 0.438. The predicted octanol–water partition coefficient (Wildman–Crippen LogP) is 3.33. The van der Waals surface area contributed by atoms with Crippen LogP contribution in [0.4, 0.5) is 0 Å². The van der Waals surface area contributed by atoms with E-state index in [1.165, 1.54) is 18.2 Å². The Balaban J connectivity index is 1.81. The van der Waals surface area contributed by atoms with Gasteiger partial charge in [-0.1, -0.05) is 37.1 Å². The van der Waals surface area contributed by atoms with E-state index in [0.29, 0.717) is 5.92 Å². The molecule has 0 saturated heterocycles. The lowest BCUT2D eigenvalue weighted by Crippen LogP contribution is -2.26. The van der Waals surface area contributed by atoms with Gasteiger partial charge in [0.1, 0.15) is 0 Å². The Morgan fingerprint density at radius 2 is 1.89 bits per heavy atom. The molecule has 94 valence electrons. The highest BCUT2D eigenvalue weighted by Gasteiger charge is 2.23. The number of hydrogen-bond acceptors (Lipinski definition) is 2. The average Bonchev–Trinajstić information content (AvgIpc) is 2.41. The van der Waals surface area contributed by atoms with Gasteiger partial charge in [-0.05, 0) is 37.3 Å². The van der Waals surface area contributed by atoms with Crippen molar-refractivity contribution in [3.8, 4) is 0 Å². The number of benzene rings is 1. The second-order valence-electron chi connectivity index (χ2n) is 5.31. The van der Waals surface area contributed by atoms with E-state index in [9.17, 15) is 5.11 Å². The molecule has 2 aromatic rings. The molecule has 1 fully saturated rings. The number of hydrogen-bond donors (Lipinski definition) is 1. The molecule has 1 aliphatic carbocycles. The number of para-hydroxylation sites is 1. The maximum atomic E-state index is 10.0. The van der Waals surface area contributed by atoms with E-state index in [0.717, 1.165) is 30.5 Å². The highest BCUT2D eigenvalue weighted by Crippen LogP contribution is 2.27. The van der Waals surface area contributed by atoms with Crippen LogP contribution in [0.1, 0.15) is 31.4 Å². The number of pyridine rings is 1. The van der Waals surface area contributed by atoms with Crippen LogP contribution in [0.2, 0.25) is 0 Å². The molecule has 2 unspecified atom stereocenters. The summed E-state index contributed by atoms with van der Waals surface area (Å²) >= 11 is 0. The van der Waals surface area contributed by atoms with Crippen LogP contribution in [0.15, 0.2) is 36.4 Å². The van der Waals surface area contributed by atoms with Crippen molar-refractivity contribution in [3.63, 3.8) is 0 Å². The van der Waals surface area contributed by atoms with Crippen LogP contribution in [0.3, 0.4) is 0 Å². The van der Waals surface area contributed by atoms with Crippen LogP contribution >= 0.6 is 0 Å². The van der Waals surface area contributed by atoms with Gasteiger partial charge in [0.15, 0.2) is 0 Å². The Kier molecular flexibility index (Phi) is 3.28. The summed E-state index contributed by atoms with van der Waals surface area (Å²) in [6.07, 6.45) is 5.28. The lowest BCUT2D eigenvalue weighted by atomic mass is 9.83. The van der Waals surface area contributed by atoms with Gasteiger partial charge in [0.25, 0.3) is 0 Å². The first kappa shape index (κ1) is 11.7. The minimum atomic E-state index is -0.132. The van der Waals surface area contributed by atoms with Gasteiger partial charge in [0.2, 0.25) is 0 Å². The quantitative estimate of drug-likeness (QED) is 0.874. The molecule has 2 heteroatoms. The highest BCUT2D eigenvalue weighted by molar-refractivity contribution is 5.78. The van der Waals surface area contributed by atoms with Crippen LogP contribution in [0.25, 0.3) is 10.9 Å². The fourth-order valence-corrected chi connectivity index (χ4v) is 2.92. The normalized spacial score (nSPS) is 24.3. The summed E-state index contributed by atoms with van der Waals surface area (Å²) in [7, 11) is 0. The van der Waals surface area contributed by atoms with Crippen LogP contribution < -0.4 is 0 Å². The Morgan fingerprint density at radius 3 is 2.78 bits per heavy atom. The van der Waals surface area contributed by atoms with E-state index in [1.54, 1.807) is 0 Å². The van der Waals surface area contributed by atoms with Crippen LogP contribution in [0.5, 0.6) is 0 Å². The van der Waals surface area contributed by atoms with Crippen molar-refractivity contribution in [2.75, 3.05) is 0 Å². The SMILES string of the molecule is OC1CCCCC1Cc1ccc2ccccc2n1. The number of nitrogens with zero attached hydrogens (tertiary/aromatic N) is 1. The van der Waals surface area contributed by atoms with Gasteiger partial charge in [0, 0.05) is 11.1 Å². The molecular formula is C16H19NO. The summed E-state index contributed by atoms with van der Waals surface area (Å²) in [6.45, 7) is 0. The standard InChI is InChI=1S/C16H19NO/c18-16-8-4-2-6-13(16)11-14-10-9-12-5-1-3-7-15(12)17-14/h1,3,5,7,9-10,13,16,18H,2,4,6,8,11H2. The molecule has 1 N–H and O–H groups in total. The summed E-state index contributed by atoms with van der Waals surface area (Å²) in [5.41, 5.74) is 2.17. The maximum absolute atomic E-state index is 10.0. The van der Waals surface area contributed by atoms with Crippen molar-refractivity contribution >= 4 is 10.9 Å². The Bertz CT molecular complexity index is 537. The van der Waals surface area contributed by atoms with E-state index < -0.39 is 0 Å². The summed E-state index contributed by atoms with van der Waals surface area (Å²) < 4.78 is 0. The molecule has 3 rings (SSSR count). The van der Waals surface area contributed by atoms with Crippen LogP contribution in [-0.2, 0) is 6.42 Å². The van der Waals surface area contributed by atoms with Crippen LogP contribution in [0, 0.1) is 5.92 Å². The molecule has 1 saturated carbocycles. The Labute approximate surface area is 108 Å². The largest absolute Gasteiger partial charge is 0.393 e. The summed E-state index contributed by atoms with van der Waals surface area (Å²) in [6, 6.07) is 12.4. The molecule has 1 aliphatic rings. The summed E-state index contributed by atoms with van der Waals surface area (Å²) in [5.74, 6) is 0.396. The first-order valence-electron chi connectivity index (χ1n) is 6.86. The zero-order valence-corrected chi connectivity index (χ0v) is 10.5. The number of aliphatic hydroxyl groups is 1. The van der Waals surface area contributed by atoms with Gasteiger partial charge >= 0.3 is 0 Å². The van der Waals surface area contributed by atoms with Crippen molar-refractivity contribution in [2.24, 2.45) is 5.92 Å². The van der Waals surface area contributed by atoms with Gasteiger partial charge in [-0.2, -0.15) is 0 Å². The molecule has 0 spiro atoms. The van der Waals surface area contributed by atoms with Gasteiger partial charge in [-0.15, -0.1) is 0 Å². The minimum Gasteiger partial charge on any atom is -0.393 e. The third kappa shape index (κ3) is 2.39. The van der Waals surface area contributed by atoms with Gasteiger partial charge in [-0.3, -0.25) is 4.98 Å². The molecule has 0 aliphatic heterocycles. The molecular weight excluding hydrogens is 222 g/mol. The molecule has 0 radical (unpaired) electrons. The zero-order valence-electron chi connectivity index (χ0n) is 10.5. The molecule has 1 aromatic heterocycles. The van der Waals surface area contributed by atoms with Crippen molar-refractivity contribution < 1.29 is 5.11 Å². The Hall–Kier alpha value is -1.41. The summed E-state index contributed by atoms with van der Waals surface area (Å²) in [4.78, 5) is 4.69. The van der Waals surface area contributed by atoms with E-state index in [-0.39, 0.29) is 6.10 Å². The number of fused-ring (bicyclic) bond motifs is 1. The molecule has 0 amide bonds. The molecule has 2 nitrogen and oxygen atoms in total. The number of rotatable bonds is 2. The predicted molar refractivity (Wildman–Crippen MR) is 73.4 cm³/mol. The van der Waals surface area contributed by atoms with Crippen molar-refractivity contribution in [3.05, 3.63) is 42.1 Å². The van der Waals surface area contributed by atoms with Crippen molar-refractivity contribution in [2.45, 2.75) is 38.2 Å². The number of aliphatic hydroxyl groups excluding tert-OH is 1. The van der Waals surface area contributed by atoms with E-state index in [1.807, 2.05) is 12.1 Å². The van der Waals surface area contributed by atoms with Gasteiger partial charge in [0.05, 0.1) is 11.6 Å². The van der Waals surface area contributed by atoms with E-state index in [4.69, 9.17) is 4.98 Å². The van der Waals surface area contributed by atoms with Crippen molar-refractivity contribution in [1.82, 2.24) is 4.98 Å². The van der Waals surface area contributed by atoms with E-state index >= 15 is 0 Å². The van der Waals surface area contributed by atoms with E-state index in [2.05, 4.69) is 24.3 Å². The second-order valence-corrected chi connectivity index (χ2v) is 5.31. The third-order valence-corrected chi connectivity index (χ3v) is 4.00.